The SMILES string of the molecule is CCOC(=O)C1CN=C2C=C(O)C=CN21. The van der Waals surface area contributed by atoms with Gasteiger partial charge in [0.1, 0.15) is 11.6 Å². The van der Waals surface area contributed by atoms with E-state index >= 15 is 0 Å². The smallest absolute Gasteiger partial charge is 0.331 e. The normalized spacial score (nSPS) is 23.3. The van der Waals surface area contributed by atoms with Gasteiger partial charge in [0.2, 0.25) is 0 Å². The lowest BCUT2D eigenvalue weighted by Gasteiger charge is -2.23. The summed E-state index contributed by atoms with van der Waals surface area (Å²) in [5, 5.41) is 9.24. The molecule has 0 aromatic carbocycles. The van der Waals surface area contributed by atoms with Crippen molar-refractivity contribution in [1.82, 2.24) is 4.90 Å². The molecule has 1 N–H and O–H groups in total. The molecule has 0 aliphatic carbocycles. The number of carbonyl (C=O) groups excluding carboxylic acids is 1. The molecule has 0 amide bonds. The molecule has 0 bridgehead atoms. The molecule has 2 heterocycles. The third kappa shape index (κ3) is 1.72. The maximum absolute atomic E-state index is 11.5. The molecule has 2 rings (SSSR count). The first-order valence-corrected chi connectivity index (χ1v) is 4.80. The topological polar surface area (TPSA) is 62.1 Å². The first-order chi connectivity index (χ1) is 7.22. The minimum absolute atomic E-state index is 0.148. The van der Waals surface area contributed by atoms with Crippen molar-refractivity contribution >= 4 is 11.8 Å². The molecule has 0 aromatic rings. The standard InChI is InChI=1S/C10H12N2O3/c1-2-15-10(14)8-6-11-9-5-7(13)3-4-12(8)9/h3-5,8,13H,2,6H2,1H3. The Morgan fingerprint density at radius 1 is 1.80 bits per heavy atom. The van der Waals surface area contributed by atoms with Gasteiger partial charge in [0.25, 0.3) is 0 Å². The van der Waals surface area contributed by atoms with Crippen molar-refractivity contribution in [1.29, 1.82) is 0 Å². The van der Waals surface area contributed by atoms with Gasteiger partial charge in [-0.15, -0.1) is 0 Å². The van der Waals surface area contributed by atoms with Crippen LogP contribution >= 0.6 is 0 Å². The second-order valence-corrected chi connectivity index (χ2v) is 3.26. The maximum atomic E-state index is 11.5. The second kappa shape index (κ2) is 3.76. The minimum Gasteiger partial charge on any atom is -0.508 e. The van der Waals surface area contributed by atoms with Crippen molar-refractivity contribution in [2.24, 2.45) is 4.99 Å². The van der Waals surface area contributed by atoms with Gasteiger partial charge < -0.3 is 14.7 Å². The molecule has 80 valence electrons. The molecule has 5 heteroatoms. The van der Waals surface area contributed by atoms with Crippen LogP contribution in [0.15, 0.2) is 29.1 Å². The van der Waals surface area contributed by atoms with Crippen molar-refractivity contribution in [3.05, 3.63) is 24.1 Å². The summed E-state index contributed by atoms with van der Waals surface area (Å²) >= 11 is 0. The van der Waals surface area contributed by atoms with Crippen molar-refractivity contribution in [3.8, 4) is 0 Å². The highest BCUT2D eigenvalue weighted by Crippen LogP contribution is 2.18. The summed E-state index contributed by atoms with van der Waals surface area (Å²) in [6.07, 6.45) is 4.69. The predicted octanol–water partition coefficient (Wildman–Crippen LogP) is 0.601. The van der Waals surface area contributed by atoms with Crippen molar-refractivity contribution in [2.45, 2.75) is 13.0 Å². The number of hydrogen-bond acceptors (Lipinski definition) is 5. The van der Waals surface area contributed by atoms with Gasteiger partial charge in [-0.1, -0.05) is 0 Å². The van der Waals surface area contributed by atoms with Crippen LogP contribution < -0.4 is 0 Å². The van der Waals surface area contributed by atoms with Gasteiger partial charge >= 0.3 is 5.97 Å². The molecule has 1 unspecified atom stereocenters. The van der Waals surface area contributed by atoms with E-state index < -0.39 is 0 Å². The van der Waals surface area contributed by atoms with Gasteiger partial charge in [0.05, 0.1) is 13.2 Å². The van der Waals surface area contributed by atoms with E-state index in [0.29, 0.717) is 19.0 Å². The Bertz CT molecular complexity index is 371. The van der Waals surface area contributed by atoms with Crippen LogP contribution in [0.1, 0.15) is 6.92 Å². The molecular weight excluding hydrogens is 196 g/mol. The first kappa shape index (κ1) is 9.76. The van der Waals surface area contributed by atoms with Crippen LogP contribution in [0.2, 0.25) is 0 Å². The fourth-order valence-electron chi connectivity index (χ4n) is 1.57. The average molecular weight is 208 g/mol. The summed E-state index contributed by atoms with van der Waals surface area (Å²) < 4.78 is 4.93. The van der Waals surface area contributed by atoms with E-state index in [1.807, 2.05) is 0 Å². The molecule has 0 fully saturated rings. The van der Waals surface area contributed by atoms with E-state index in [9.17, 15) is 9.90 Å². The maximum Gasteiger partial charge on any atom is 0.331 e. The Hall–Kier alpha value is -1.78. The molecule has 0 spiro atoms. The fourth-order valence-corrected chi connectivity index (χ4v) is 1.57. The lowest BCUT2D eigenvalue weighted by molar-refractivity contribution is -0.146. The largest absolute Gasteiger partial charge is 0.508 e. The third-order valence-electron chi connectivity index (χ3n) is 2.27. The number of nitrogens with zero attached hydrogens (tertiary/aromatic N) is 2. The summed E-state index contributed by atoms with van der Waals surface area (Å²) in [7, 11) is 0. The van der Waals surface area contributed by atoms with Crippen molar-refractivity contribution in [3.63, 3.8) is 0 Å². The van der Waals surface area contributed by atoms with Crippen molar-refractivity contribution in [2.75, 3.05) is 13.2 Å². The van der Waals surface area contributed by atoms with E-state index in [2.05, 4.69) is 4.99 Å². The second-order valence-electron chi connectivity index (χ2n) is 3.26. The molecule has 2 aliphatic heterocycles. The number of carbonyl (C=O) groups is 1. The zero-order chi connectivity index (χ0) is 10.8. The van der Waals surface area contributed by atoms with Crippen molar-refractivity contribution < 1.29 is 14.6 Å². The average Bonchev–Trinajstić information content (AvgIpc) is 2.60. The number of aliphatic hydroxyl groups excluding tert-OH is 1. The Morgan fingerprint density at radius 3 is 3.33 bits per heavy atom. The third-order valence-corrected chi connectivity index (χ3v) is 2.27. The predicted molar refractivity (Wildman–Crippen MR) is 54.4 cm³/mol. The fraction of sp³-hybridized carbons (Fsp3) is 0.400. The Labute approximate surface area is 87.4 Å². The zero-order valence-electron chi connectivity index (χ0n) is 8.38. The zero-order valence-corrected chi connectivity index (χ0v) is 8.38. The van der Waals surface area contributed by atoms with Crippen LogP contribution in [0, 0.1) is 0 Å². The highest BCUT2D eigenvalue weighted by Gasteiger charge is 2.33. The van der Waals surface area contributed by atoms with E-state index in [0.717, 1.165) is 0 Å². The van der Waals surface area contributed by atoms with Crippen LogP contribution in [0.4, 0.5) is 0 Å². The van der Waals surface area contributed by atoms with Gasteiger partial charge in [0.15, 0.2) is 6.04 Å². The van der Waals surface area contributed by atoms with E-state index in [4.69, 9.17) is 4.74 Å². The highest BCUT2D eigenvalue weighted by molar-refractivity contribution is 6.00. The first-order valence-electron chi connectivity index (χ1n) is 4.80. The number of hydrogen-bond donors (Lipinski definition) is 1. The molecule has 0 saturated carbocycles. The van der Waals surface area contributed by atoms with Gasteiger partial charge in [-0.25, -0.2) is 4.79 Å². The summed E-state index contributed by atoms with van der Waals surface area (Å²) in [5.74, 6) is 0.471. The summed E-state index contributed by atoms with van der Waals surface area (Å²) in [4.78, 5) is 17.4. The number of ether oxygens (including phenoxy) is 1. The molecule has 1 atom stereocenters. The Balaban J connectivity index is 2.11. The molecule has 5 nitrogen and oxygen atoms in total. The van der Waals surface area contributed by atoms with Gasteiger partial charge in [-0.3, -0.25) is 4.99 Å². The van der Waals surface area contributed by atoms with Crippen LogP contribution in [-0.2, 0) is 9.53 Å². The summed E-state index contributed by atoms with van der Waals surface area (Å²) in [6.45, 7) is 2.51. The lowest BCUT2D eigenvalue weighted by Crippen LogP contribution is -2.39. The van der Waals surface area contributed by atoms with Gasteiger partial charge in [-0.2, -0.15) is 0 Å². The van der Waals surface area contributed by atoms with Gasteiger partial charge in [-0.05, 0) is 13.0 Å². The molecule has 15 heavy (non-hydrogen) atoms. The summed E-state index contributed by atoms with van der Waals surface area (Å²) in [5.41, 5.74) is 0. The molecule has 0 aromatic heterocycles. The number of rotatable bonds is 2. The van der Waals surface area contributed by atoms with Gasteiger partial charge in [0, 0.05) is 12.3 Å². The van der Waals surface area contributed by atoms with E-state index in [-0.39, 0.29) is 17.8 Å². The Morgan fingerprint density at radius 2 is 2.60 bits per heavy atom. The van der Waals surface area contributed by atoms with Crippen LogP contribution in [0.25, 0.3) is 0 Å². The Kier molecular flexibility index (Phi) is 2.45. The quantitative estimate of drug-likeness (QED) is 0.675. The number of aliphatic hydroxyl groups is 1. The van der Waals surface area contributed by atoms with Crippen LogP contribution in [0.3, 0.4) is 0 Å². The monoisotopic (exact) mass is 208 g/mol. The number of amidine groups is 1. The number of fused-ring (bicyclic) bond motifs is 1. The summed E-state index contributed by atoms with van der Waals surface area (Å²) in [6, 6.07) is -0.388. The van der Waals surface area contributed by atoms with E-state index in [1.165, 1.54) is 12.2 Å². The minimum atomic E-state index is -0.388. The van der Waals surface area contributed by atoms with E-state index in [1.54, 1.807) is 18.0 Å². The molecule has 0 saturated heterocycles. The van der Waals surface area contributed by atoms with Crippen LogP contribution in [0.5, 0.6) is 0 Å². The molecule has 2 aliphatic rings. The number of aliphatic imine (C=N–C) groups is 1. The van der Waals surface area contributed by atoms with Crippen LogP contribution in [-0.4, -0.2) is 41.0 Å². The molecular formula is C10H12N2O3. The number of allylic oxidation sites excluding steroid dienone is 1. The number of esters is 1. The lowest BCUT2D eigenvalue weighted by atomic mass is 10.2. The highest BCUT2D eigenvalue weighted by atomic mass is 16.5. The molecule has 0 radical (unpaired) electrons.